The summed E-state index contributed by atoms with van der Waals surface area (Å²) in [5.41, 5.74) is 5.44. The summed E-state index contributed by atoms with van der Waals surface area (Å²) in [5.74, 6) is 2.23. The molecular formula is C17H18N4O3. The van der Waals surface area contributed by atoms with Gasteiger partial charge in [-0.15, -0.1) is 0 Å². The van der Waals surface area contributed by atoms with E-state index in [2.05, 4.69) is 20.5 Å². The van der Waals surface area contributed by atoms with E-state index < -0.39 is 0 Å². The summed E-state index contributed by atoms with van der Waals surface area (Å²) in [6.07, 6.45) is 1.63. The Morgan fingerprint density at radius 3 is 2.50 bits per heavy atom. The van der Waals surface area contributed by atoms with E-state index in [-0.39, 0.29) is 0 Å². The first-order chi connectivity index (χ1) is 11.8. The number of anilines is 1. The molecule has 0 atom stereocenters. The fourth-order valence-electron chi connectivity index (χ4n) is 2.39. The quantitative estimate of drug-likeness (QED) is 0.537. The van der Waals surface area contributed by atoms with Crippen LogP contribution in [-0.2, 0) is 0 Å². The van der Waals surface area contributed by atoms with Crippen LogP contribution < -0.4 is 19.6 Å². The number of nitrogens with one attached hydrogen (secondary N) is 2. The van der Waals surface area contributed by atoms with Crippen LogP contribution in [0.4, 0.5) is 5.95 Å². The molecule has 7 nitrogen and oxygen atoms in total. The van der Waals surface area contributed by atoms with Gasteiger partial charge in [0.1, 0.15) is 0 Å². The van der Waals surface area contributed by atoms with E-state index in [0.717, 1.165) is 16.6 Å². The second-order valence-electron chi connectivity index (χ2n) is 4.90. The van der Waals surface area contributed by atoms with Crippen LogP contribution in [0, 0.1) is 0 Å². The second kappa shape index (κ2) is 6.91. The number of benzene rings is 2. The van der Waals surface area contributed by atoms with Crippen LogP contribution in [-0.4, -0.2) is 37.5 Å². The Morgan fingerprint density at radius 2 is 1.79 bits per heavy atom. The van der Waals surface area contributed by atoms with Crippen molar-refractivity contribution >= 4 is 23.2 Å². The monoisotopic (exact) mass is 326 g/mol. The molecule has 24 heavy (non-hydrogen) atoms. The van der Waals surface area contributed by atoms with Gasteiger partial charge in [-0.05, 0) is 24.3 Å². The van der Waals surface area contributed by atoms with E-state index in [1.807, 2.05) is 30.3 Å². The van der Waals surface area contributed by atoms with Crippen molar-refractivity contribution in [1.29, 1.82) is 0 Å². The molecule has 1 aromatic heterocycles. The Bertz CT molecular complexity index is 840. The number of hydrogen-bond donors (Lipinski definition) is 2. The predicted molar refractivity (Wildman–Crippen MR) is 93.4 cm³/mol. The summed E-state index contributed by atoms with van der Waals surface area (Å²) in [6, 6.07) is 11.4. The van der Waals surface area contributed by atoms with Crippen molar-refractivity contribution in [3.8, 4) is 17.2 Å². The molecule has 0 aliphatic heterocycles. The van der Waals surface area contributed by atoms with E-state index >= 15 is 0 Å². The molecule has 0 spiro atoms. The number of hydrogen-bond acceptors (Lipinski definition) is 6. The molecule has 0 saturated carbocycles. The van der Waals surface area contributed by atoms with Gasteiger partial charge in [-0.25, -0.2) is 10.4 Å². The third-order valence-electron chi connectivity index (χ3n) is 3.50. The average Bonchev–Trinajstić information content (AvgIpc) is 3.03. The first-order valence-corrected chi connectivity index (χ1v) is 7.29. The summed E-state index contributed by atoms with van der Waals surface area (Å²) in [4.78, 5) is 7.53. The number of nitrogens with zero attached hydrogens (tertiary/aromatic N) is 2. The Labute approximate surface area is 139 Å². The number of rotatable bonds is 6. The number of H-pyrrole nitrogens is 1. The number of hydrazone groups is 1. The van der Waals surface area contributed by atoms with E-state index in [0.29, 0.717) is 23.2 Å². The molecule has 0 aliphatic carbocycles. The molecule has 1 heterocycles. The summed E-state index contributed by atoms with van der Waals surface area (Å²) < 4.78 is 16.0. The van der Waals surface area contributed by atoms with Crippen molar-refractivity contribution in [2.75, 3.05) is 26.8 Å². The molecule has 0 radical (unpaired) electrons. The minimum atomic E-state index is 0.521. The van der Waals surface area contributed by atoms with Gasteiger partial charge in [0.15, 0.2) is 11.5 Å². The SMILES string of the molecule is COc1ccc(C=NNc2nc3ccccc3[nH]2)c(OC)c1OC. The van der Waals surface area contributed by atoms with Crippen molar-refractivity contribution in [2.24, 2.45) is 5.10 Å². The highest BCUT2D eigenvalue weighted by atomic mass is 16.5. The van der Waals surface area contributed by atoms with Crippen LogP contribution >= 0.6 is 0 Å². The van der Waals surface area contributed by atoms with Crippen molar-refractivity contribution < 1.29 is 14.2 Å². The molecule has 0 fully saturated rings. The number of methoxy groups -OCH3 is 3. The third kappa shape index (κ3) is 2.96. The Hall–Kier alpha value is -3.22. The topological polar surface area (TPSA) is 80.8 Å². The standard InChI is InChI=1S/C17H18N4O3/c1-22-14-9-8-11(15(23-2)16(14)24-3)10-18-21-17-19-12-6-4-5-7-13(12)20-17/h4-10H,1-3H3,(H2,19,20,21). The minimum absolute atomic E-state index is 0.521. The first-order valence-electron chi connectivity index (χ1n) is 7.29. The van der Waals surface area contributed by atoms with Crippen molar-refractivity contribution in [3.63, 3.8) is 0 Å². The predicted octanol–water partition coefficient (Wildman–Crippen LogP) is 3.03. The Kier molecular flexibility index (Phi) is 4.51. The number of aromatic amines is 1. The average molecular weight is 326 g/mol. The maximum Gasteiger partial charge on any atom is 0.222 e. The molecular weight excluding hydrogens is 308 g/mol. The van der Waals surface area contributed by atoms with Crippen molar-refractivity contribution in [1.82, 2.24) is 9.97 Å². The number of fused-ring (bicyclic) bond motifs is 1. The van der Waals surface area contributed by atoms with Gasteiger partial charge in [0.05, 0.1) is 38.6 Å². The molecule has 0 bridgehead atoms. The zero-order valence-corrected chi connectivity index (χ0v) is 13.7. The molecule has 0 amide bonds. The van der Waals surface area contributed by atoms with Gasteiger partial charge in [-0.3, -0.25) is 0 Å². The fourth-order valence-corrected chi connectivity index (χ4v) is 2.39. The van der Waals surface area contributed by atoms with E-state index in [1.165, 1.54) is 0 Å². The largest absolute Gasteiger partial charge is 0.493 e. The van der Waals surface area contributed by atoms with Gasteiger partial charge in [0.25, 0.3) is 0 Å². The van der Waals surface area contributed by atoms with Gasteiger partial charge in [-0.2, -0.15) is 5.10 Å². The van der Waals surface area contributed by atoms with Crippen LogP contribution in [0.5, 0.6) is 17.2 Å². The number of aromatic nitrogens is 2. The lowest BCUT2D eigenvalue weighted by atomic mass is 10.2. The Balaban J connectivity index is 1.83. The van der Waals surface area contributed by atoms with Gasteiger partial charge in [0, 0.05) is 5.56 Å². The Morgan fingerprint density at radius 1 is 1.00 bits per heavy atom. The van der Waals surface area contributed by atoms with Crippen molar-refractivity contribution in [2.45, 2.75) is 0 Å². The molecule has 0 saturated heterocycles. The smallest absolute Gasteiger partial charge is 0.222 e. The summed E-state index contributed by atoms with van der Waals surface area (Å²) in [7, 11) is 4.71. The highest BCUT2D eigenvalue weighted by molar-refractivity contribution is 5.86. The van der Waals surface area contributed by atoms with Crippen LogP contribution in [0.2, 0.25) is 0 Å². The van der Waals surface area contributed by atoms with E-state index in [9.17, 15) is 0 Å². The molecule has 3 rings (SSSR count). The van der Waals surface area contributed by atoms with Crippen LogP contribution in [0.25, 0.3) is 11.0 Å². The lowest BCUT2D eigenvalue weighted by Crippen LogP contribution is -1.99. The van der Waals surface area contributed by atoms with Gasteiger partial charge < -0.3 is 19.2 Å². The molecule has 7 heteroatoms. The maximum absolute atomic E-state index is 5.41. The zero-order chi connectivity index (χ0) is 16.9. The summed E-state index contributed by atoms with van der Waals surface area (Å²) in [6.45, 7) is 0. The zero-order valence-electron chi connectivity index (χ0n) is 13.7. The minimum Gasteiger partial charge on any atom is -0.493 e. The van der Waals surface area contributed by atoms with Gasteiger partial charge in [0.2, 0.25) is 11.7 Å². The van der Waals surface area contributed by atoms with E-state index in [4.69, 9.17) is 14.2 Å². The van der Waals surface area contributed by atoms with E-state index in [1.54, 1.807) is 33.6 Å². The lowest BCUT2D eigenvalue weighted by molar-refractivity contribution is 0.324. The molecule has 0 aliphatic rings. The molecule has 2 aromatic carbocycles. The van der Waals surface area contributed by atoms with Crippen LogP contribution in [0.15, 0.2) is 41.5 Å². The third-order valence-corrected chi connectivity index (χ3v) is 3.50. The molecule has 124 valence electrons. The highest BCUT2D eigenvalue weighted by Gasteiger charge is 2.14. The molecule has 0 unspecified atom stereocenters. The molecule has 3 aromatic rings. The number of imidazole rings is 1. The van der Waals surface area contributed by atoms with Gasteiger partial charge in [-0.1, -0.05) is 12.1 Å². The number of para-hydroxylation sites is 2. The number of ether oxygens (including phenoxy) is 3. The fraction of sp³-hybridized carbons (Fsp3) is 0.176. The maximum atomic E-state index is 5.41. The second-order valence-corrected chi connectivity index (χ2v) is 4.90. The normalized spacial score (nSPS) is 11.0. The summed E-state index contributed by atoms with van der Waals surface area (Å²) >= 11 is 0. The first kappa shape index (κ1) is 15.7. The van der Waals surface area contributed by atoms with Crippen molar-refractivity contribution in [3.05, 3.63) is 42.0 Å². The van der Waals surface area contributed by atoms with Crippen LogP contribution in [0.3, 0.4) is 0 Å². The highest BCUT2D eigenvalue weighted by Crippen LogP contribution is 2.38. The summed E-state index contributed by atoms with van der Waals surface area (Å²) in [5, 5.41) is 4.20. The lowest BCUT2D eigenvalue weighted by Gasteiger charge is -2.13. The molecule has 2 N–H and O–H groups in total. The van der Waals surface area contributed by atoms with Gasteiger partial charge >= 0.3 is 0 Å². The van der Waals surface area contributed by atoms with Crippen LogP contribution in [0.1, 0.15) is 5.56 Å².